The van der Waals surface area contributed by atoms with Gasteiger partial charge in [0.05, 0.1) is 5.69 Å². The molecular weight excluding hydrogens is 268 g/mol. The topological polar surface area (TPSA) is 95.5 Å². The molecule has 0 heterocycles. The Morgan fingerprint density at radius 2 is 1.89 bits per heavy atom. The Labute approximate surface area is 112 Å². The number of hydrogen-bond donors (Lipinski definition) is 3. The monoisotopic (exact) mass is 286 g/mol. The van der Waals surface area contributed by atoms with Gasteiger partial charge in [-0.15, -0.1) is 0 Å². The fraction of sp³-hybridized carbons (Fsp3) is 0.417. The SMILES string of the molecule is CCNS(=O)(=O)c1ccccc1NC(C)(C)C(=O)O. The smallest absolute Gasteiger partial charge is 0.328 e. The lowest BCUT2D eigenvalue weighted by molar-refractivity contribution is -0.141. The first-order valence-electron chi connectivity index (χ1n) is 5.81. The summed E-state index contributed by atoms with van der Waals surface area (Å²) in [4.78, 5) is 11.1. The first kappa shape index (κ1) is 15.5. The lowest BCUT2D eigenvalue weighted by Crippen LogP contribution is -2.40. The fourth-order valence-electron chi connectivity index (χ4n) is 1.46. The Kier molecular flexibility index (Phi) is 4.54. The number of carbonyl (C=O) groups is 1. The van der Waals surface area contributed by atoms with Crippen molar-refractivity contribution >= 4 is 21.7 Å². The molecule has 0 atom stereocenters. The highest BCUT2D eigenvalue weighted by Crippen LogP contribution is 2.24. The fourth-order valence-corrected chi connectivity index (χ4v) is 2.66. The van der Waals surface area contributed by atoms with Gasteiger partial charge in [-0.1, -0.05) is 19.1 Å². The van der Waals surface area contributed by atoms with Crippen LogP contribution in [0.4, 0.5) is 5.69 Å². The molecule has 106 valence electrons. The Balaban J connectivity index is 3.21. The third-order valence-corrected chi connectivity index (χ3v) is 4.10. The zero-order valence-electron chi connectivity index (χ0n) is 11.1. The van der Waals surface area contributed by atoms with Crippen LogP contribution in [0.2, 0.25) is 0 Å². The molecule has 6 nitrogen and oxygen atoms in total. The molecule has 0 aliphatic carbocycles. The van der Waals surface area contributed by atoms with Gasteiger partial charge < -0.3 is 10.4 Å². The molecule has 1 rings (SSSR count). The summed E-state index contributed by atoms with van der Waals surface area (Å²) in [6.45, 7) is 4.87. The molecule has 3 N–H and O–H groups in total. The number of sulfonamides is 1. The largest absolute Gasteiger partial charge is 0.480 e. The molecule has 0 fully saturated rings. The van der Waals surface area contributed by atoms with E-state index in [0.29, 0.717) is 0 Å². The maximum Gasteiger partial charge on any atom is 0.328 e. The van der Waals surface area contributed by atoms with Crippen LogP contribution >= 0.6 is 0 Å². The predicted octanol–water partition coefficient (Wildman–Crippen LogP) is 1.26. The quantitative estimate of drug-likeness (QED) is 0.731. The molecule has 0 saturated carbocycles. The van der Waals surface area contributed by atoms with E-state index in [4.69, 9.17) is 5.11 Å². The van der Waals surface area contributed by atoms with Gasteiger partial charge in [0.15, 0.2) is 0 Å². The number of hydrogen-bond acceptors (Lipinski definition) is 4. The zero-order valence-corrected chi connectivity index (χ0v) is 11.9. The molecule has 0 unspecified atom stereocenters. The molecule has 0 amide bonds. The predicted molar refractivity (Wildman–Crippen MR) is 72.6 cm³/mol. The minimum Gasteiger partial charge on any atom is -0.480 e. The second-order valence-electron chi connectivity index (χ2n) is 4.55. The first-order chi connectivity index (χ1) is 8.70. The highest BCUT2D eigenvalue weighted by molar-refractivity contribution is 7.89. The van der Waals surface area contributed by atoms with Crippen molar-refractivity contribution in [3.63, 3.8) is 0 Å². The van der Waals surface area contributed by atoms with E-state index in [0.717, 1.165) is 0 Å². The Morgan fingerprint density at radius 1 is 1.32 bits per heavy atom. The molecule has 0 aromatic heterocycles. The normalized spacial score (nSPS) is 12.2. The standard InChI is InChI=1S/C12H18N2O4S/c1-4-13-19(17,18)10-8-6-5-7-9(10)14-12(2,3)11(15)16/h5-8,13-14H,4H2,1-3H3,(H,15,16). The summed E-state index contributed by atoms with van der Waals surface area (Å²) < 4.78 is 26.4. The van der Waals surface area contributed by atoms with Crippen molar-refractivity contribution < 1.29 is 18.3 Å². The lowest BCUT2D eigenvalue weighted by Gasteiger charge is -2.24. The van der Waals surface area contributed by atoms with E-state index in [2.05, 4.69) is 10.0 Å². The van der Waals surface area contributed by atoms with Crippen molar-refractivity contribution in [1.29, 1.82) is 0 Å². The molecule has 1 aromatic rings. The summed E-state index contributed by atoms with van der Waals surface area (Å²) >= 11 is 0. The van der Waals surface area contributed by atoms with Crippen LogP contribution in [0.25, 0.3) is 0 Å². The number of aliphatic carboxylic acids is 1. The van der Waals surface area contributed by atoms with Crippen LogP contribution in [0.3, 0.4) is 0 Å². The van der Waals surface area contributed by atoms with Crippen molar-refractivity contribution in [1.82, 2.24) is 4.72 Å². The Hall–Kier alpha value is -1.60. The number of benzene rings is 1. The van der Waals surface area contributed by atoms with Crippen molar-refractivity contribution in [2.75, 3.05) is 11.9 Å². The summed E-state index contributed by atoms with van der Waals surface area (Å²) in [5, 5.41) is 11.8. The van der Waals surface area contributed by atoms with E-state index in [-0.39, 0.29) is 17.1 Å². The van der Waals surface area contributed by atoms with Gasteiger partial charge in [0.1, 0.15) is 10.4 Å². The van der Waals surface area contributed by atoms with E-state index in [1.165, 1.54) is 26.0 Å². The molecule has 0 aliphatic rings. The highest BCUT2D eigenvalue weighted by atomic mass is 32.2. The second-order valence-corrected chi connectivity index (χ2v) is 6.29. The van der Waals surface area contributed by atoms with E-state index < -0.39 is 21.5 Å². The molecule has 0 radical (unpaired) electrons. The van der Waals surface area contributed by atoms with E-state index >= 15 is 0 Å². The number of rotatable bonds is 6. The average molecular weight is 286 g/mol. The van der Waals surface area contributed by atoms with Gasteiger partial charge in [-0.05, 0) is 26.0 Å². The van der Waals surface area contributed by atoms with E-state index in [9.17, 15) is 13.2 Å². The summed E-state index contributed by atoms with van der Waals surface area (Å²) in [6, 6.07) is 6.20. The van der Waals surface area contributed by atoms with Crippen LogP contribution in [0.15, 0.2) is 29.2 Å². The minimum atomic E-state index is -3.64. The Bertz CT molecular complexity index is 567. The van der Waals surface area contributed by atoms with Gasteiger partial charge in [-0.3, -0.25) is 0 Å². The number of nitrogens with one attached hydrogen (secondary N) is 2. The number of carboxylic acid groups (broad SMARTS) is 1. The van der Waals surface area contributed by atoms with E-state index in [1.54, 1.807) is 19.1 Å². The van der Waals surface area contributed by atoms with Crippen molar-refractivity contribution in [2.24, 2.45) is 0 Å². The number of anilines is 1. The van der Waals surface area contributed by atoms with E-state index in [1.807, 2.05) is 0 Å². The van der Waals surface area contributed by atoms with Crippen LogP contribution in [0.5, 0.6) is 0 Å². The second kappa shape index (κ2) is 5.58. The van der Waals surface area contributed by atoms with Crippen LogP contribution in [-0.4, -0.2) is 31.6 Å². The minimum absolute atomic E-state index is 0.0335. The number of carboxylic acids is 1. The highest BCUT2D eigenvalue weighted by Gasteiger charge is 2.29. The maximum absolute atomic E-state index is 12.0. The van der Waals surface area contributed by atoms with Crippen molar-refractivity contribution in [3.05, 3.63) is 24.3 Å². The molecule has 7 heteroatoms. The van der Waals surface area contributed by atoms with Crippen LogP contribution in [0.1, 0.15) is 20.8 Å². The molecule has 0 saturated heterocycles. The molecule has 19 heavy (non-hydrogen) atoms. The average Bonchev–Trinajstić information content (AvgIpc) is 2.28. The summed E-state index contributed by atoms with van der Waals surface area (Å²) in [6.07, 6.45) is 0. The summed E-state index contributed by atoms with van der Waals surface area (Å²) in [7, 11) is -3.64. The van der Waals surface area contributed by atoms with Crippen LogP contribution in [-0.2, 0) is 14.8 Å². The zero-order chi connectivity index (χ0) is 14.7. The van der Waals surface area contributed by atoms with Gasteiger partial charge in [-0.2, -0.15) is 0 Å². The molecule has 1 aromatic carbocycles. The lowest BCUT2D eigenvalue weighted by atomic mass is 10.1. The van der Waals surface area contributed by atoms with Crippen molar-refractivity contribution in [2.45, 2.75) is 31.2 Å². The Morgan fingerprint density at radius 3 is 2.42 bits per heavy atom. The van der Waals surface area contributed by atoms with Gasteiger partial charge >= 0.3 is 5.97 Å². The summed E-state index contributed by atoms with van der Waals surface area (Å²) in [5.74, 6) is -1.07. The summed E-state index contributed by atoms with van der Waals surface area (Å²) in [5.41, 5.74) is -1.01. The third kappa shape index (κ3) is 3.68. The van der Waals surface area contributed by atoms with Crippen molar-refractivity contribution in [3.8, 4) is 0 Å². The molecule has 0 spiro atoms. The molecular formula is C12H18N2O4S. The maximum atomic E-state index is 12.0. The molecule has 0 aliphatic heterocycles. The van der Waals surface area contributed by atoms with Crippen LogP contribution in [0, 0.1) is 0 Å². The number of para-hydroxylation sites is 1. The van der Waals surface area contributed by atoms with Gasteiger partial charge in [0, 0.05) is 6.54 Å². The molecule has 0 bridgehead atoms. The first-order valence-corrected chi connectivity index (χ1v) is 7.29. The van der Waals surface area contributed by atoms with Crippen LogP contribution < -0.4 is 10.0 Å². The van der Waals surface area contributed by atoms with Gasteiger partial charge in [-0.25, -0.2) is 17.9 Å². The van der Waals surface area contributed by atoms with Gasteiger partial charge in [0.25, 0.3) is 0 Å². The van der Waals surface area contributed by atoms with Gasteiger partial charge in [0.2, 0.25) is 10.0 Å². The third-order valence-electron chi connectivity index (χ3n) is 2.49.